The highest BCUT2D eigenvalue weighted by Crippen LogP contribution is 2.36. The van der Waals surface area contributed by atoms with Gasteiger partial charge >= 0.3 is 29.8 Å². The maximum Gasteiger partial charge on any atom is 0.316 e. The first-order valence-corrected chi connectivity index (χ1v) is 12.9. The van der Waals surface area contributed by atoms with E-state index in [0.29, 0.717) is 5.57 Å². The Morgan fingerprint density at radius 2 is 1.46 bits per heavy atom. The second-order valence-electron chi connectivity index (χ2n) is 10.7. The first kappa shape index (κ1) is 33.6. The number of nitrogens with zero attached hydrogens (tertiary/aromatic N) is 1. The summed E-state index contributed by atoms with van der Waals surface area (Å²) in [6.07, 6.45) is -7.31. The van der Waals surface area contributed by atoms with Gasteiger partial charge < -0.3 is 33.2 Å². The minimum Gasteiger partial charge on any atom is -0.463 e. The third-order valence-corrected chi connectivity index (χ3v) is 6.05. The van der Waals surface area contributed by atoms with Gasteiger partial charge in [-0.1, -0.05) is 6.08 Å². The van der Waals surface area contributed by atoms with Gasteiger partial charge in [0.15, 0.2) is 24.6 Å². The smallest absolute Gasteiger partial charge is 0.316 e. The van der Waals surface area contributed by atoms with E-state index >= 15 is 0 Å². The van der Waals surface area contributed by atoms with Crippen molar-refractivity contribution in [1.29, 1.82) is 0 Å². The summed E-state index contributed by atoms with van der Waals surface area (Å²) in [5, 5.41) is 12.3. The van der Waals surface area contributed by atoms with Crippen LogP contribution in [-0.2, 0) is 57.1 Å². The van der Waals surface area contributed by atoms with Crippen LogP contribution in [0.4, 0.5) is 0 Å². The average molecular weight is 588 g/mol. The van der Waals surface area contributed by atoms with E-state index in [1.807, 2.05) is 0 Å². The van der Waals surface area contributed by atoms with Crippen LogP contribution in [0, 0.1) is 16.0 Å². The van der Waals surface area contributed by atoms with Gasteiger partial charge in [0.25, 0.3) is 6.04 Å². The maximum absolute atomic E-state index is 12.9. The molecule has 230 valence electrons. The molecular formula is C26H37NO14. The number of esters is 5. The number of ether oxygens (including phenoxy) is 7. The normalized spacial score (nSPS) is 29.8. The summed E-state index contributed by atoms with van der Waals surface area (Å²) in [7, 11) is 0. The highest BCUT2D eigenvalue weighted by molar-refractivity contribution is 5.74. The van der Waals surface area contributed by atoms with Crippen LogP contribution in [0.25, 0.3) is 0 Å². The van der Waals surface area contributed by atoms with Crippen LogP contribution < -0.4 is 0 Å². The van der Waals surface area contributed by atoms with E-state index < -0.39 is 95.7 Å². The monoisotopic (exact) mass is 587 g/mol. The molecule has 41 heavy (non-hydrogen) atoms. The molecule has 0 aromatic rings. The number of carbonyl (C=O) groups excluding carboxylic acids is 5. The fourth-order valence-electron chi connectivity index (χ4n) is 4.55. The standard InChI is InChI=1S/C26H37NO14/c1-12-9-10-17(24(32)41-26(6,7)8)19(27(33)34)20(12)40-25-23(38-16(5)31)22(37-15(4)30)21(36-14(3)29)18(39-25)11-35-13(2)28/h9,17-23,25H,10-11H2,1-8H3/t17-,18?,19+,20-,21?,22?,23?,25?/m1/s1. The Balaban J connectivity index is 2.56. The van der Waals surface area contributed by atoms with Gasteiger partial charge in [0, 0.05) is 32.6 Å². The van der Waals surface area contributed by atoms with Crippen molar-refractivity contribution >= 4 is 29.8 Å². The molecule has 0 spiro atoms. The highest BCUT2D eigenvalue weighted by Gasteiger charge is 2.56. The SMILES string of the molecule is CC(=O)OCC1OC(O[C@@H]2C(C)=CC[C@@H](C(=O)OC(C)(C)C)[C@@H]2[N+](=O)[O-])C(OC(C)=O)C(OC(C)=O)C1OC(C)=O. The molecule has 1 heterocycles. The van der Waals surface area contributed by atoms with Gasteiger partial charge in [0.05, 0.1) is 0 Å². The molecule has 0 aromatic heterocycles. The van der Waals surface area contributed by atoms with Crippen LogP contribution >= 0.6 is 0 Å². The van der Waals surface area contributed by atoms with Crippen LogP contribution in [0.5, 0.6) is 0 Å². The summed E-state index contributed by atoms with van der Waals surface area (Å²) < 4.78 is 38.5. The predicted octanol–water partition coefficient (Wildman–Crippen LogP) is 1.41. The lowest BCUT2D eigenvalue weighted by atomic mass is 9.83. The molecule has 1 aliphatic carbocycles. The topological polar surface area (TPSA) is 193 Å². The van der Waals surface area contributed by atoms with Crippen LogP contribution in [0.15, 0.2) is 11.6 Å². The first-order chi connectivity index (χ1) is 18.9. The number of allylic oxidation sites excluding steroid dienone is 1. The third kappa shape index (κ3) is 9.49. The molecule has 0 amide bonds. The van der Waals surface area contributed by atoms with Crippen molar-refractivity contribution in [3.8, 4) is 0 Å². The van der Waals surface area contributed by atoms with Gasteiger partial charge in [-0.05, 0) is 39.7 Å². The molecule has 0 saturated carbocycles. The van der Waals surface area contributed by atoms with Crippen molar-refractivity contribution in [2.24, 2.45) is 5.92 Å². The number of hydrogen-bond acceptors (Lipinski definition) is 14. The Morgan fingerprint density at radius 1 is 0.927 bits per heavy atom. The van der Waals surface area contributed by atoms with E-state index in [1.165, 1.54) is 0 Å². The van der Waals surface area contributed by atoms with E-state index in [0.717, 1.165) is 27.7 Å². The third-order valence-electron chi connectivity index (χ3n) is 6.05. The summed E-state index contributed by atoms with van der Waals surface area (Å²) >= 11 is 0. The second-order valence-corrected chi connectivity index (χ2v) is 10.7. The van der Waals surface area contributed by atoms with Crippen LogP contribution in [0.2, 0.25) is 0 Å². The minimum atomic E-state index is -1.66. The van der Waals surface area contributed by atoms with E-state index in [9.17, 15) is 34.1 Å². The van der Waals surface area contributed by atoms with Crippen molar-refractivity contribution in [3.05, 3.63) is 21.8 Å². The fourth-order valence-corrected chi connectivity index (χ4v) is 4.55. The highest BCUT2D eigenvalue weighted by atomic mass is 16.7. The van der Waals surface area contributed by atoms with Crippen molar-refractivity contribution in [3.63, 3.8) is 0 Å². The molecule has 8 atom stereocenters. The number of rotatable bonds is 9. The van der Waals surface area contributed by atoms with Gasteiger partial charge in [0.2, 0.25) is 0 Å². The number of carbonyl (C=O) groups is 5. The summed E-state index contributed by atoms with van der Waals surface area (Å²) in [5.41, 5.74) is -0.538. The molecule has 2 rings (SSSR count). The van der Waals surface area contributed by atoms with Gasteiger partial charge in [-0.15, -0.1) is 0 Å². The lowest BCUT2D eigenvalue weighted by molar-refractivity contribution is -0.545. The number of nitro groups is 1. The van der Waals surface area contributed by atoms with Gasteiger partial charge in [-0.25, -0.2) is 0 Å². The first-order valence-electron chi connectivity index (χ1n) is 12.9. The molecule has 15 heteroatoms. The Hall–Kier alpha value is -3.59. The molecular weight excluding hydrogens is 550 g/mol. The van der Waals surface area contributed by atoms with Crippen molar-refractivity contribution in [2.75, 3.05) is 6.61 Å². The summed E-state index contributed by atoms with van der Waals surface area (Å²) in [6.45, 7) is 10.2. The van der Waals surface area contributed by atoms with E-state index in [-0.39, 0.29) is 6.42 Å². The van der Waals surface area contributed by atoms with Crippen molar-refractivity contribution in [1.82, 2.24) is 0 Å². The van der Waals surface area contributed by atoms with E-state index in [2.05, 4.69) is 0 Å². The maximum atomic E-state index is 12.9. The zero-order chi connectivity index (χ0) is 31.2. The molecule has 0 N–H and O–H groups in total. The minimum absolute atomic E-state index is 0.00479. The zero-order valence-corrected chi connectivity index (χ0v) is 24.3. The summed E-state index contributed by atoms with van der Waals surface area (Å²) in [6, 6.07) is -1.64. The summed E-state index contributed by atoms with van der Waals surface area (Å²) in [5.74, 6) is -5.28. The van der Waals surface area contributed by atoms with Crippen molar-refractivity contribution in [2.45, 2.75) is 110 Å². The molecule has 1 saturated heterocycles. The molecule has 2 aliphatic rings. The molecule has 0 radical (unpaired) electrons. The second kappa shape index (κ2) is 13.9. The molecule has 1 fully saturated rings. The Morgan fingerprint density at radius 3 is 1.95 bits per heavy atom. The van der Waals surface area contributed by atoms with Crippen LogP contribution in [0.1, 0.15) is 61.8 Å². The average Bonchev–Trinajstić information content (AvgIpc) is 2.80. The van der Waals surface area contributed by atoms with Gasteiger partial charge in [-0.3, -0.25) is 34.1 Å². The Kier molecular flexibility index (Phi) is 11.4. The molecule has 0 bridgehead atoms. The molecule has 0 aromatic carbocycles. The summed E-state index contributed by atoms with van der Waals surface area (Å²) in [4.78, 5) is 72.2. The molecule has 1 aliphatic heterocycles. The lowest BCUT2D eigenvalue weighted by Crippen LogP contribution is -2.64. The quantitative estimate of drug-likeness (QED) is 0.123. The lowest BCUT2D eigenvalue weighted by Gasteiger charge is -2.45. The Labute approximate surface area is 236 Å². The van der Waals surface area contributed by atoms with E-state index in [4.69, 9.17) is 33.2 Å². The van der Waals surface area contributed by atoms with Crippen LogP contribution in [-0.4, -0.2) is 89.8 Å². The van der Waals surface area contributed by atoms with E-state index in [1.54, 1.807) is 33.8 Å². The van der Waals surface area contributed by atoms with Crippen molar-refractivity contribution < 1.29 is 62.1 Å². The molecule has 5 unspecified atom stereocenters. The fraction of sp³-hybridized carbons (Fsp3) is 0.731. The largest absolute Gasteiger partial charge is 0.463 e. The Bertz CT molecular complexity index is 1060. The van der Waals surface area contributed by atoms with Gasteiger partial charge in [-0.2, -0.15) is 0 Å². The zero-order valence-electron chi connectivity index (χ0n) is 24.3. The van der Waals surface area contributed by atoms with Crippen LogP contribution in [0.3, 0.4) is 0 Å². The number of hydrogen-bond donors (Lipinski definition) is 0. The molecule has 15 nitrogen and oxygen atoms in total. The van der Waals surface area contributed by atoms with Gasteiger partial charge in [0.1, 0.15) is 30.3 Å². The predicted molar refractivity (Wildman–Crippen MR) is 135 cm³/mol.